The molecule has 168 valence electrons. The molecule has 1 aromatic heterocycles. The Morgan fingerprint density at radius 1 is 1.28 bits per heavy atom. The summed E-state index contributed by atoms with van der Waals surface area (Å²) >= 11 is 0. The average molecular weight is 436 g/mol. The zero-order valence-corrected chi connectivity index (χ0v) is 18.6. The lowest BCUT2D eigenvalue weighted by Crippen LogP contribution is -2.51. The number of hydrogen-bond donors (Lipinski definition) is 2. The van der Waals surface area contributed by atoms with E-state index in [4.69, 9.17) is 10.5 Å². The van der Waals surface area contributed by atoms with Crippen molar-refractivity contribution in [3.63, 3.8) is 0 Å². The molecule has 1 saturated heterocycles. The number of carbonyl (C=O) groups is 2. The molecule has 1 aromatic carbocycles. The minimum absolute atomic E-state index is 0.00993. The van der Waals surface area contributed by atoms with Gasteiger partial charge in [0.15, 0.2) is 0 Å². The molecule has 0 spiro atoms. The fourth-order valence-corrected chi connectivity index (χ4v) is 4.73. The Bertz CT molecular complexity index is 1080. The van der Waals surface area contributed by atoms with Crippen molar-refractivity contribution in [3.8, 4) is 6.07 Å². The van der Waals surface area contributed by atoms with E-state index in [2.05, 4.69) is 11.4 Å². The van der Waals surface area contributed by atoms with Gasteiger partial charge in [0.25, 0.3) is 0 Å². The van der Waals surface area contributed by atoms with Crippen molar-refractivity contribution in [2.24, 2.45) is 5.73 Å². The van der Waals surface area contributed by atoms with Crippen LogP contribution in [-0.2, 0) is 33.8 Å². The van der Waals surface area contributed by atoms with Crippen LogP contribution in [0.15, 0.2) is 24.3 Å². The molecule has 2 atom stereocenters. The summed E-state index contributed by atoms with van der Waals surface area (Å²) in [4.78, 5) is 27.0. The van der Waals surface area contributed by atoms with Crippen molar-refractivity contribution >= 4 is 17.6 Å². The number of nitrogens with two attached hydrogens (primary N) is 1. The van der Waals surface area contributed by atoms with E-state index >= 15 is 0 Å². The van der Waals surface area contributed by atoms with E-state index in [0.29, 0.717) is 30.9 Å². The predicted octanol–water partition coefficient (Wildman–Crippen LogP) is 2.01. The standard InChI is InChI=1S/C24H29N5O3/c1-15-16(2)29(13-19-8-5-9-32-19)24(20(15)11-25)27-22(30)14-28-12-18-7-4-3-6-17(18)10-21(28)23(26)31/h3-4,6-7,19,21H,5,8-10,12-14H2,1-2H3,(H2,26,31)(H,27,30)/t19-,21-/m0/s1. The number of ether oxygens (including phenoxy) is 1. The summed E-state index contributed by atoms with van der Waals surface area (Å²) in [7, 11) is 0. The van der Waals surface area contributed by atoms with E-state index in [9.17, 15) is 14.9 Å². The molecule has 0 radical (unpaired) electrons. The van der Waals surface area contributed by atoms with Gasteiger partial charge in [-0.25, -0.2) is 0 Å². The van der Waals surface area contributed by atoms with Crippen LogP contribution in [0.3, 0.4) is 0 Å². The van der Waals surface area contributed by atoms with Crippen LogP contribution in [0.5, 0.6) is 0 Å². The lowest BCUT2D eigenvalue weighted by atomic mass is 9.93. The number of fused-ring (bicyclic) bond motifs is 1. The molecule has 1 fully saturated rings. The highest BCUT2D eigenvalue weighted by Crippen LogP contribution is 2.29. The molecule has 0 bridgehead atoms. The lowest BCUT2D eigenvalue weighted by molar-refractivity contribution is -0.125. The Morgan fingerprint density at radius 3 is 2.69 bits per heavy atom. The molecule has 8 nitrogen and oxygen atoms in total. The highest BCUT2D eigenvalue weighted by atomic mass is 16.5. The smallest absolute Gasteiger partial charge is 0.239 e. The van der Waals surface area contributed by atoms with E-state index < -0.39 is 11.9 Å². The van der Waals surface area contributed by atoms with Gasteiger partial charge in [-0.1, -0.05) is 24.3 Å². The Hall–Kier alpha value is -3.15. The van der Waals surface area contributed by atoms with E-state index in [1.807, 2.05) is 42.7 Å². The maximum atomic E-state index is 13.1. The number of primary amides is 1. The fraction of sp³-hybridized carbons (Fsp3) is 0.458. The molecule has 2 aromatic rings. The van der Waals surface area contributed by atoms with Gasteiger partial charge in [-0.05, 0) is 49.8 Å². The molecule has 3 heterocycles. The van der Waals surface area contributed by atoms with Crippen LogP contribution in [0.4, 0.5) is 5.82 Å². The molecule has 2 amide bonds. The molecule has 4 rings (SSSR count). The van der Waals surface area contributed by atoms with Gasteiger partial charge in [-0.3, -0.25) is 14.5 Å². The number of rotatable bonds is 6. The molecule has 32 heavy (non-hydrogen) atoms. The average Bonchev–Trinajstić information content (AvgIpc) is 3.36. The fourth-order valence-electron chi connectivity index (χ4n) is 4.73. The summed E-state index contributed by atoms with van der Waals surface area (Å²) in [6.45, 7) is 5.64. The molecule has 8 heteroatoms. The van der Waals surface area contributed by atoms with Crippen molar-refractivity contribution < 1.29 is 14.3 Å². The van der Waals surface area contributed by atoms with Gasteiger partial charge in [0.2, 0.25) is 11.8 Å². The second-order valence-corrected chi connectivity index (χ2v) is 8.64. The topological polar surface area (TPSA) is 113 Å². The zero-order chi connectivity index (χ0) is 22.8. The van der Waals surface area contributed by atoms with Gasteiger partial charge >= 0.3 is 0 Å². The van der Waals surface area contributed by atoms with Gasteiger partial charge in [-0.15, -0.1) is 0 Å². The molecule has 0 aliphatic carbocycles. The highest BCUT2D eigenvalue weighted by Gasteiger charge is 2.32. The van der Waals surface area contributed by atoms with Crippen LogP contribution in [0.1, 0.15) is 40.8 Å². The number of benzene rings is 1. The molecule has 0 saturated carbocycles. The SMILES string of the molecule is Cc1c(C#N)c(NC(=O)CN2Cc3ccccc3C[C@H]2C(N)=O)n(C[C@@H]2CCCO2)c1C. The molecule has 2 aliphatic heterocycles. The first-order chi connectivity index (χ1) is 15.4. The summed E-state index contributed by atoms with van der Waals surface area (Å²) in [6.07, 6.45) is 2.53. The van der Waals surface area contributed by atoms with Gasteiger partial charge in [0, 0.05) is 18.8 Å². The van der Waals surface area contributed by atoms with Crippen LogP contribution >= 0.6 is 0 Å². The normalized spacial score (nSPS) is 20.5. The largest absolute Gasteiger partial charge is 0.376 e. The number of aromatic nitrogens is 1. The highest BCUT2D eigenvalue weighted by molar-refractivity contribution is 5.94. The minimum Gasteiger partial charge on any atom is -0.376 e. The summed E-state index contributed by atoms with van der Waals surface area (Å²) in [5.74, 6) is -0.229. The third-order valence-corrected chi connectivity index (χ3v) is 6.63. The van der Waals surface area contributed by atoms with Crippen molar-refractivity contribution in [3.05, 3.63) is 52.2 Å². The number of nitriles is 1. The first-order valence-corrected chi connectivity index (χ1v) is 11.0. The molecular formula is C24H29N5O3. The number of amides is 2. The van der Waals surface area contributed by atoms with Crippen LogP contribution in [0.25, 0.3) is 0 Å². The van der Waals surface area contributed by atoms with Crippen molar-refractivity contribution in [2.75, 3.05) is 18.5 Å². The summed E-state index contributed by atoms with van der Waals surface area (Å²) in [5.41, 5.74) is 10.1. The maximum Gasteiger partial charge on any atom is 0.239 e. The third kappa shape index (κ3) is 4.27. The predicted molar refractivity (Wildman–Crippen MR) is 120 cm³/mol. The van der Waals surface area contributed by atoms with E-state index in [-0.39, 0.29) is 18.6 Å². The van der Waals surface area contributed by atoms with Crippen LogP contribution in [0, 0.1) is 25.2 Å². The molecular weight excluding hydrogens is 406 g/mol. The number of nitrogens with zero attached hydrogens (tertiary/aromatic N) is 3. The molecule has 2 aliphatic rings. The third-order valence-electron chi connectivity index (χ3n) is 6.63. The second kappa shape index (κ2) is 9.15. The first-order valence-electron chi connectivity index (χ1n) is 11.0. The summed E-state index contributed by atoms with van der Waals surface area (Å²) < 4.78 is 7.74. The van der Waals surface area contributed by atoms with Crippen molar-refractivity contribution in [2.45, 2.75) is 58.3 Å². The number of nitrogens with one attached hydrogen (secondary N) is 1. The summed E-state index contributed by atoms with van der Waals surface area (Å²) in [6, 6.07) is 9.57. The zero-order valence-electron chi connectivity index (χ0n) is 18.6. The Labute approximate surface area is 187 Å². The lowest BCUT2D eigenvalue weighted by Gasteiger charge is -2.34. The number of hydrogen-bond acceptors (Lipinski definition) is 5. The number of anilines is 1. The van der Waals surface area contributed by atoms with Gasteiger partial charge in [0.05, 0.1) is 30.8 Å². The Morgan fingerprint density at radius 2 is 2.03 bits per heavy atom. The van der Waals surface area contributed by atoms with Crippen molar-refractivity contribution in [1.82, 2.24) is 9.47 Å². The quantitative estimate of drug-likeness (QED) is 0.721. The second-order valence-electron chi connectivity index (χ2n) is 8.64. The molecule has 0 unspecified atom stereocenters. The number of carbonyl (C=O) groups excluding carboxylic acids is 2. The van der Waals surface area contributed by atoms with Gasteiger partial charge in [0.1, 0.15) is 11.9 Å². The van der Waals surface area contributed by atoms with Crippen LogP contribution < -0.4 is 11.1 Å². The Balaban J connectivity index is 1.55. The van der Waals surface area contributed by atoms with Crippen LogP contribution in [-0.4, -0.2) is 46.6 Å². The Kier molecular flexibility index (Phi) is 6.31. The van der Waals surface area contributed by atoms with E-state index in [1.54, 1.807) is 4.90 Å². The van der Waals surface area contributed by atoms with Gasteiger partial charge < -0.3 is 20.4 Å². The first kappa shape index (κ1) is 22.1. The van der Waals surface area contributed by atoms with Crippen LogP contribution in [0.2, 0.25) is 0 Å². The van der Waals surface area contributed by atoms with E-state index in [0.717, 1.165) is 41.8 Å². The maximum absolute atomic E-state index is 13.1. The van der Waals surface area contributed by atoms with E-state index in [1.165, 1.54) is 0 Å². The summed E-state index contributed by atoms with van der Waals surface area (Å²) in [5, 5.41) is 12.7. The monoisotopic (exact) mass is 435 g/mol. The van der Waals surface area contributed by atoms with Gasteiger partial charge in [-0.2, -0.15) is 5.26 Å². The minimum atomic E-state index is -0.548. The van der Waals surface area contributed by atoms with Crippen molar-refractivity contribution in [1.29, 1.82) is 5.26 Å². The molecule has 3 N–H and O–H groups in total.